The number of thiophene rings is 1. The number of sulfonamides is 1. The molecule has 6 nitrogen and oxygen atoms in total. The molecule has 1 spiro atoms. The van der Waals surface area contributed by atoms with Gasteiger partial charge < -0.3 is 9.47 Å². The zero-order valence-corrected chi connectivity index (χ0v) is 17.0. The second-order valence-corrected chi connectivity index (χ2v) is 10.9. The third kappa shape index (κ3) is 3.59. The van der Waals surface area contributed by atoms with Crippen LogP contribution in [0, 0.1) is 12.3 Å². The van der Waals surface area contributed by atoms with Gasteiger partial charge in [0.15, 0.2) is 0 Å². The Hall–Kier alpha value is -0.510. The molecule has 0 radical (unpaired) electrons. The average molecular weight is 401 g/mol. The SMILES string of the molecule is Cc1ccsc1S(=O)(=O)N1CCOCC2(CCN(C3CCOCC3)C2)C1. The summed E-state index contributed by atoms with van der Waals surface area (Å²) < 4.78 is 39.9. The van der Waals surface area contributed by atoms with E-state index in [1.807, 2.05) is 18.4 Å². The van der Waals surface area contributed by atoms with E-state index in [1.54, 1.807) is 4.31 Å². The van der Waals surface area contributed by atoms with Gasteiger partial charge in [0.1, 0.15) is 4.21 Å². The standard InChI is InChI=1S/C18H28N2O4S2/c1-15-4-11-25-17(15)26(21,22)20-7-10-24-14-18(13-20)5-6-19(12-18)16-2-8-23-9-3-16/h4,11,16H,2-3,5-10,12-14H2,1H3. The van der Waals surface area contributed by atoms with Crippen LogP contribution in [0.1, 0.15) is 24.8 Å². The Bertz CT molecular complexity index is 729. The Morgan fingerprint density at radius 2 is 1.96 bits per heavy atom. The Morgan fingerprint density at radius 3 is 2.69 bits per heavy atom. The highest BCUT2D eigenvalue weighted by Crippen LogP contribution is 2.38. The monoisotopic (exact) mass is 400 g/mol. The lowest BCUT2D eigenvalue weighted by Gasteiger charge is -2.34. The molecule has 3 fully saturated rings. The summed E-state index contributed by atoms with van der Waals surface area (Å²) in [6.07, 6.45) is 3.15. The highest BCUT2D eigenvalue weighted by molar-refractivity contribution is 7.91. The highest BCUT2D eigenvalue weighted by Gasteiger charge is 2.45. The van der Waals surface area contributed by atoms with Crippen molar-refractivity contribution in [1.82, 2.24) is 9.21 Å². The van der Waals surface area contributed by atoms with Crippen molar-refractivity contribution in [2.24, 2.45) is 5.41 Å². The van der Waals surface area contributed by atoms with Gasteiger partial charge >= 0.3 is 0 Å². The fourth-order valence-corrected chi connectivity index (χ4v) is 7.57. The van der Waals surface area contributed by atoms with Crippen molar-refractivity contribution in [3.63, 3.8) is 0 Å². The van der Waals surface area contributed by atoms with Crippen LogP contribution < -0.4 is 0 Å². The van der Waals surface area contributed by atoms with E-state index in [-0.39, 0.29) is 5.41 Å². The molecule has 8 heteroatoms. The van der Waals surface area contributed by atoms with Crippen LogP contribution in [0.5, 0.6) is 0 Å². The van der Waals surface area contributed by atoms with Crippen LogP contribution >= 0.6 is 11.3 Å². The number of hydrogen-bond acceptors (Lipinski definition) is 6. The first-order valence-electron chi connectivity index (χ1n) is 9.44. The van der Waals surface area contributed by atoms with Crippen molar-refractivity contribution in [2.75, 3.05) is 52.6 Å². The van der Waals surface area contributed by atoms with Crippen molar-refractivity contribution in [2.45, 2.75) is 36.4 Å². The fourth-order valence-electron chi connectivity index (χ4n) is 4.48. The predicted octanol–water partition coefficient (Wildman–Crippen LogP) is 1.95. The van der Waals surface area contributed by atoms with Crippen molar-refractivity contribution < 1.29 is 17.9 Å². The van der Waals surface area contributed by atoms with E-state index in [0.717, 1.165) is 51.1 Å². The maximum absolute atomic E-state index is 13.2. The van der Waals surface area contributed by atoms with Crippen LogP contribution in [-0.4, -0.2) is 76.3 Å². The molecule has 1 unspecified atom stereocenters. The lowest BCUT2D eigenvalue weighted by Crippen LogP contribution is -2.45. The van der Waals surface area contributed by atoms with Gasteiger partial charge in [0.25, 0.3) is 10.0 Å². The van der Waals surface area contributed by atoms with Crippen LogP contribution in [0.4, 0.5) is 0 Å². The smallest absolute Gasteiger partial charge is 0.252 e. The molecule has 0 aromatic carbocycles. The van der Waals surface area contributed by atoms with Gasteiger partial charge in [-0.15, -0.1) is 11.3 Å². The molecule has 4 rings (SSSR count). The van der Waals surface area contributed by atoms with E-state index in [2.05, 4.69) is 4.90 Å². The molecular formula is C18H28N2O4S2. The number of ether oxygens (including phenoxy) is 2. The molecular weight excluding hydrogens is 372 g/mol. The maximum Gasteiger partial charge on any atom is 0.252 e. The second-order valence-electron chi connectivity index (χ2n) is 7.85. The summed E-state index contributed by atoms with van der Waals surface area (Å²) >= 11 is 1.32. The molecule has 0 bridgehead atoms. The van der Waals surface area contributed by atoms with Crippen LogP contribution in [-0.2, 0) is 19.5 Å². The summed E-state index contributed by atoms with van der Waals surface area (Å²) in [5.41, 5.74) is 0.747. The van der Waals surface area contributed by atoms with Gasteiger partial charge in [0.05, 0.1) is 13.2 Å². The van der Waals surface area contributed by atoms with Crippen LogP contribution in [0.3, 0.4) is 0 Å². The summed E-state index contributed by atoms with van der Waals surface area (Å²) in [7, 11) is -3.45. The van der Waals surface area contributed by atoms with E-state index in [9.17, 15) is 8.42 Å². The maximum atomic E-state index is 13.2. The van der Waals surface area contributed by atoms with Gasteiger partial charge in [-0.05, 0) is 49.7 Å². The molecule has 0 N–H and O–H groups in total. The normalized spacial score (nSPS) is 30.0. The summed E-state index contributed by atoms with van der Waals surface area (Å²) in [5.74, 6) is 0. The topological polar surface area (TPSA) is 59.1 Å². The lowest BCUT2D eigenvalue weighted by molar-refractivity contribution is 0.0295. The minimum Gasteiger partial charge on any atom is -0.381 e. The van der Waals surface area contributed by atoms with Gasteiger partial charge in [0.2, 0.25) is 0 Å². The van der Waals surface area contributed by atoms with Crippen molar-refractivity contribution in [1.29, 1.82) is 0 Å². The third-order valence-electron chi connectivity index (χ3n) is 5.97. The molecule has 1 aromatic heterocycles. The van der Waals surface area contributed by atoms with Crippen LogP contribution in [0.15, 0.2) is 15.7 Å². The molecule has 3 aliphatic rings. The molecule has 1 atom stereocenters. The van der Waals surface area contributed by atoms with Gasteiger partial charge in [-0.2, -0.15) is 4.31 Å². The van der Waals surface area contributed by atoms with Crippen molar-refractivity contribution in [3.05, 3.63) is 17.0 Å². The summed E-state index contributed by atoms with van der Waals surface area (Å²) in [5, 5.41) is 1.86. The molecule has 0 amide bonds. The Balaban J connectivity index is 1.52. The van der Waals surface area contributed by atoms with E-state index in [1.165, 1.54) is 11.3 Å². The number of nitrogens with zero attached hydrogens (tertiary/aromatic N) is 2. The number of hydrogen-bond donors (Lipinski definition) is 0. The highest BCUT2D eigenvalue weighted by atomic mass is 32.2. The Kier molecular flexibility index (Phi) is 5.42. The van der Waals surface area contributed by atoms with Gasteiger partial charge in [-0.25, -0.2) is 8.42 Å². The average Bonchev–Trinajstić information content (AvgIpc) is 3.19. The minimum absolute atomic E-state index is 0.0902. The minimum atomic E-state index is -3.45. The zero-order chi connectivity index (χ0) is 18.2. The molecule has 4 heterocycles. The van der Waals surface area contributed by atoms with Gasteiger partial charge in [-0.3, -0.25) is 4.90 Å². The first kappa shape index (κ1) is 18.8. The van der Waals surface area contributed by atoms with Crippen LogP contribution in [0.2, 0.25) is 0 Å². The van der Waals surface area contributed by atoms with E-state index in [4.69, 9.17) is 9.47 Å². The molecule has 3 saturated heterocycles. The largest absolute Gasteiger partial charge is 0.381 e. The molecule has 3 aliphatic heterocycles. The predicted molar refractivity (Wildman–Crippen MR) is 101 cm³/mol. The first-order valence-corrected chi connectivity index (χ1v) is 11.8. The second kappa shape index (κ2) is 7.48. The van der Waals surface area contributed by atoms with Crippen molar-refractivity contribution in [3.8, 4) is 0 Å². The van der Waals surface area contributed by atoms with E-state index < -0.39 is 10.0 Å². The molecule has 26 heavy (non-hydrogen) atoms. The van der Waals surface area contributed by atoms with Crippen LogP contribution in [0.25, 0.3) is 0 Å². The third-order valence-corrected chi connectivity index (χ3v) is 9.48. The van der Waals surface area contributed by atoms with Gasteiger partial charge in [-0.1, -0.05) is 0 Å². The van der Waals surface area contributed by atoms with E-state index >= 15 is 0 Å². The van der Waals surface area contributed by atoms with Crippen molar-refractivity contribution >= 4 is 21.4 Å². The Labute approximate surface area is 160 Å². The number of aryl methyl sites for hydroxylation is 1. The number of likely N-dealkylation sites (tertiary alicyclic amines) is 1. The summed E-state index contributed by atoms with van der Waals surface area (Å²) in [6, 6.07) is 2.44. The Morgan fingerprint density at radius 1 is 1.15 bits per heavy atom. The zero-order valence-electron chi connectivity index (χ0n) is 15.4. The summed E-state index contributed by atoms with van der Waals surface area (Å²) in [4.78, 5) is 2.54. The first-order chi connectivity index (χ1) is 12.5. The summed E-state index contributed by atoms with van der Waals surface area (Å²) in [6.45, 7) is 7.63. The number of rotatable bonds is 3. The molecule has 0 saturated carbocycles. The fraction of sp³-hybridized carbons (Fsp3) is 0.778. The molecule has 1 aromatic rings. The molecule has 0 aliphatic carbocycles. The van der Waals surface area contributed by atoms with E-state index in [0.29, 0.717) is 36.6 Å². The lowest BCUT2D eigenvalue weighted by atomic mass is 9.88. The van der Waals surface area contributed by atoms with Gasteiger partial charge in [0, 0.05) is 44.3 Å². The molecule has 146 valence electrons. The quantitative estimate of drug-likeness (QED) is 0.776.